The molecule has 0 radical (unpaired) electrons. The lowest BCUT2D eigenvalue weighted by molar-refractivity contribution is -0.187. The highest BCUT2D eigenvalue weighted by atomic mass is 35.5. The van der Waals surface area contributed by atoms with Gasteiger partial charge in [-0.25, -0.2) is 19.4 Å². The van der Waals surface area contributed by atoms with Crippen molar-refractivity contribution in [2.45, 2.75) is 0 Å². The molecular formula is C14H8Cl2O4. The molecular weight excluding hydrogens is 303 g/mol. The molecule has 0 aliphatic rings. The second-order valence-corrected chi connectivity index (χ2v) is 4.64. The fourth-order valence-electron chi connectivity index (χ4n) is 1.40. The van der Waals surface area contributed by atoms with E-state index in [9.17, 15) is 9.59 Å². The van der Waals surface area contributed by atoms with E-state index in [0.29, 0.717) is 10.0 Å². The summed E-state index contributed by atoms with van der Waals surface area (Å²) >= 11 is 11.5. The first-order valence-electron chi connectivity index (χ1n) is 5.50. The normalized spacial score (nSPS) is 9.90. The van der Waals surface area contributed by atoms with Crippen LogP contribution in [0.15, 0.2) is 48.5 Å². The van der Waals surface area contributed by atoms with Gasteiger partial charge in [0.2, 0.25) is 0 Å². The molecule has 0 bridgehead atoms. The number of rotatable bonds is 2. The lowest BCUT2D eigenvalue weighted by atomic mass is 10.2. The summed E-state index contributed by atoms with van der Waals surface area (Å²) in [7, 11) is 0. The fraction of sp³-hybridized carbons (Fsp3) is 0. The lowest BCUT2D eigenvalue weighted by Crippen LogP contribution is -2.11. The molecule has 0 unspecified atom stereocenters. The Morgan fingerprint density at radius 3 is 1.50 bits per heavy atom. The first-order chi connectivity index (χ1) is 9.56. The molecule has 2 aromatic rings. The van der Waals surface area contributed by atoms with Crippen molar-refractivity contribution in [2.75, 3.05) is 0 Å². The van der Waals surface area contributed by atoms with Gasteiger partial charge in [0.05, 0.1) is 11.1 Å². The molecule has 0 saturated carbocycles. The minimum atomic E-state index is -0.817. The van der Waals surface area contributed by atoms with Crippen molar-refractivity contribution in [3.05, 3.63) is 69.7 Å². The van der Waals surface area contributed by atoms with Crippen LogP contribution in [0.1, 0.15) is 20.7 Å². The van der Waals surface area contributed by atoms with Crippen LogP contribution in [0.2, 0.25) is 10.0 Å². The van der Waals surface area contributed by atoms with E-state index in [-0.39, 0.29) is 11.1 Å². The van der Waals surface area contributed by atoms with Crippen LogP contribution in [0.3, 0.4) is 0 Å². The van der Waals surface area contributed by atoms with E-state index in [4.69, 9.17) is 23.2 Å². The molecule has 0 aliphatic carbocycles. The fourth-order valence-corrected chi connectivity index (χ4v) is 1.78. The molecule has 0 atom stereocenters. The zero-order valence-electron chi connectivity index (χ0n) is 10.0. The summed E-state index contributed by atoms with van der Waals surface area (Å²) in [6.07, 6.45) is 0. The van der Waals surface area contributed by atoms with Gasteiger partial charge in [0, 0.05) is 10.0 Å². The van der Waals surface area contributed by atoms with Crippen molar-refractivity contribution in [1.29, 1.82) is 0 Å². The Balaban J connectivity index is 1.98. The van der Waals surface area contributed by atoms with Gasteiger partial charge in [-0.15, -0.1) is 0 Å². The van der Waals surface area contributed by atoms with Crippen molar-refractivity contribution in [1.82, 2.24) is 0 Å². The molecule has 0 spiro atoms. The van der Waals surface area contributed by atoms with E-state index in [1.54, 1.807) is 24.3 Å². The monoisotopic (exact) mass is 310 g/mol. The smallest absolute Gasteiger partial charge is 0.242 e. The third-order valence-electron chi connectivity index (χ3n) is 2.31. The summed E-state index contributed by atoms with van der Waals surface area (Å²) in [6.45, 7) is 0. The van der Waals surface area contributed by atoms with Crippen LogP contribution in [0.5, 0.6) is 0 Å². The van der Waals surface area contributed by atoms with Crippen molar-refractivity contribution < 1.29 is 19.4 Å². The van der Waals surface area contributed by atoms with Crippen LogP contribution in [0, 0.1) is 0 Å². The van der Waals surface area contributed by atoms with Gasteiger partial charge in [0.25, 0.3) is 0 Å². The molecule has 0 fully saturated rings. The third-order valence-corrected chi connectivity index (χ3v) is 2.78. The highest BCUT2D eigenvalue weighted by Gasteiger charge is 2.14. The van der Waals surface area contributed by atoms with E-state index in [1.165, 1.54) is 24.3 Å². The number of carbonyl (C=O) groups excluding carboxylic acids is 2. The zero-order chi connectivity index (χ0) is 14.5. The number of hydrogen-bond acceptors (Lipinski definition) is 4. The lowest BCUT2D eigenvalue weighted by Gasteiger charge is -2.03. The highest BCUT2D eigenvalue weighted by Crippen LogP contribution is 2.14. The Hall–Kier alpha value is -2.04. The predicted molar refractivity (Wildman–Crippen MR) is 73.7 cm³/mol. The van der Waals surface area contributed by atoms with Crippen LogP contribution in [-0.4, -0.2) is 11.9 Å². The number of benzene rings is 2. The van der Waals surface area contributed by atoms with Crippen LogP contribution in [0.4, 0.5) is 0 Å². The molecule has 0 aliphatic heterocycles. The van der Waals surface area contributed by atoms with Gasteiger partial charge < -0.3 is 0 Å². The quantitative estimate of drug-likeness (QED) is 0.623. The average molecular weight is 311 g/mol. The Bertz CT molecular complexity index is 598. The first kappa shape index (κ1) is 14.4. The summed E-state index contributed by atoms with van der Waals surface area (Å²) in [5.41, 5.74) is 0.354. The van der Waals surface area contributed by atoms with Crippen LogP contribution in [-0.2, 0) is 9.78 Å². The predicted octanol–water partition coefficient (Wildman–Crippen LogP) is 3.92. The summed E-state index contributed by atoms with van der Waals surface area (Å²) < 4.78 is 0. The van der Waals surface area contributed by atoms with Crippen molar-refractivity contribution in [3.63, 3.8) is 0 Å². The van der Waals surface area contributed by atoms with Gasteiger partial charge in [-0.1, -0.05) is 35.3 Å². The number of hydrogen-bond donors (Lipinski definition) is 0. The van der Waals surface area contributed by atoms with Gasteiger partial charge >= 0.3 is 11.9 Å². The van der Waals surface area contributed by atoms with E-state index >= 15 is 0 Å². The van der Waals surface area contributed by atoms with E-state index in [2.05, 4.69) is 9.78 Å². The van der Waals surface area contributed by atoms with E-state index < -0.39 is 11.9 Å². The molecule has 4 nitrogen and oxygen atoms in total. The zero-order valence-corrected chi connectivity index (χ0v) is 11.5. The molecule has 6 heteroatoms. The first-order valence-corrected chi connectivity index (χ1v) is 6.26. The molecule has 0 N–H and O–H groups in total. The summed E-state index contributed by atoms with van der Waals surface area (Å²) in [4.78, 5) is 32.1. The average Bonchev–Trinajstić information content (AvgIpc) is 2.44. The summed E-state index contributed by atoms with van der Waals surface area (Å²) in [5.74, 6) is -1.63. The Labute approximate surface area is 124 Å². The molecule has 0 amide bonds. The minimum absolute atomic E-state index is 0.177. The van der Waals surface area contributed by atoms with Crippen molar-refractivity contribution in [2.24, 2.45) is 0 Å². The van der Waals surface area contributed by atoms with Gasteiger partial charge in [0.1, 0.15) is 0 Å². The molecule has 2 rings (SSSR count). The van der Waals surface area contributed by atoms with Crippen molar-refractivity contribution >= 4 is 35.1 Å². The maximum atomic E-state index is 11.6. The Kier molecular flexibility index (Phi) is 4.61. The van der Waals surface area contributed by atoms with Crippen LogP contribution < -0.4 is 0 Å². The maximum Gasteiger partial charge on any atom is 0.386 e. The summed E-state index contributed by atoms with van der Waals surface area (Å²) in [5, 5.41) is 0.751. The molecule has 102 valence electrons. The molecule has 2 aromatic carbocycles. The molecule has 0 saturated heterocycles. The standard InChI is InChI=1S/C14H8Cl2O4/c15-11-5-1-3-9(7-11)13(17)19-20-14(18)10-4-2-6-12(16)8-10/h1-8H. The van der Waals surface area contributed by atoms with Gasteiger partial charge in [0.15, 0.2) is 0 Å². The maximum absolute atomic E-state index is 11.6. The van der Waals surface area contributed by atoms with Gasteiger partial charge in [-0.3, -0.25) is 0 Å². The van der Waals surface area contributed by atoms with Crippen LogP contribution >= 0.6 is 23.2 Å². The summed E-state index contributed by atoms with van der Waals surface area (Å²) in [6, 6.07) is 12.2. The van der Waals surface area contributed by atoms with Gasteiger partial charge in [-0.05, 0) is 36.4 Å². The Morgan fingerprint density at radius 1 is 0.750 bits per heavy atom. The SMILES string of the molecule is O=C(OOC(=O)c1cccc(Cl)c1)c1cccc(Cl)c1. The second-order valence-electron chi connectivity index (χ2n) is 3.76. The van der Waals surface area contributed by atoms with E-state index in [0.717, 1.165) is 0 Å². The molecule has 0 heterocycles. The number of halogens is 2. The van der Waals surface area contributed by atoms with Crippen LogP contribution in [0.25, 0.3) is 0 Å². The van der Waals surface area contributed by atoms with E-state index in [1.807, 2.05) is 0 Å². The molecule has 0 aromatic heterocycles. The largest absolute Gasteiger partial charge is 0.386 e. The van der Waals surface area contributed by atoms with Crippen molar-refractivity contribution in [3.8, 4) is 0 Å². The number of carbonyl (C=O) groups is 2. The second kappa shape index (κ2) is 6.41. The minimum Gasteiger partial charge on any atom is -0.242 e. The molecule has 20 heavy (non-hydrogen) atoms. The third kappa shape index (κ3) is 3.73. The highest BCUT2D eigenvalue weighted by molar-refractivity contribution is 6.31. The van der Waals surface area contributed by atoms with Gasteiger partial charge in [-0.2, -0.15) is 0 Å². The topological polar surface area (TPSA) is 52.6 Å². The Morgan fingerprint density at radius 2 is 1.15 bits per heavy atom.